The number of hydrogen-bond acceptors (Lipinski definition) is 8. The number of carbonyl (C=O) groups excluding carboxylic acids is 3. The van der Waals surface area contributed by atoms with Crippen molar-refractivity contribution in [2.75, 3.05) is 38.6 Å². The number of rotatable bonds is 10. The van der Waals surface area contributed by atoms with Crippen molar-refractivity contribution < 1.29 is 19.1 Å². The van der Waals surface area contributed by atoms with Crippen molar-refractivity contribution in [2.45, 2.75) is 64.2 Å². The molecular weight excluding hydrogens is 715 g/mol. The molecule has 3 aliphatic heterocycles. The monoisotopic (exact) mass is 758 g/mol. The minimum Gasteiger partial charge on any atom is -0.496 e. The van der Waals surface area contributed by atoms with E-state index in [-0.39, 0.29) is 23.8 Å². The second kappa shape index (κ2) is 15.9. The Kier molecular flexibility index (Phi) is 11.0. The van der Waals surface area contributed by atoms with Crippen LogP contribution in [-0.2, 0) is 36.1 Å². The highest BCUT2D eigenvalue weighted by Crippen LogP contribution is 2.41. The molecule has 278 valence electrons. The van der Waals surface area contributed by atoms with Gasteiger partial charge in [-0.15, -0.1) is 0 Å². The molecule has 53 heavy (non-hydrogen) atoms. The number of anilines is 1. The molecule has 2 saturated heterocycles. The van der Waals surface area contributed by atoms with Crippen LogP contribution in [0.4, 0.5) is 5.69 Å². The predicted molar refractivity (Wildman–Crippen MR) is 205 cm³/mol. The molecule has 3 amide bonds. The number of pyridine rings is 1. The van der Waals surface area contributed by atoms with E-state index in [0.29, 0.717) is 69.7 Å². The van der Waals surface area contributed by atoms with Crippen LogP contribution in [0.15, 0.2) is 48.7 Å². The van der Waals surface area contributed by atoms with Gasteiger partial charge < -0.3 is 30.2 Å². The zero-order valence-corrected chi connectivity index (χ0v) is 31.7. The van der Waals surface area contributed by atoms with E-state index >= 15 is 0 Å². The SMILES string of the molecule is COc1cc(-c2nccc(-c3cccc(NC(=O)c4nc5c(n4C)CCN(CC4CCC(=O)N4)C5)c3Cl)c2Cl)ccc1CNC1CCN(C(C)=O)CC1. The standard InChI is InChI=1S/C39H44Cl2N8O4/c1-23(50)49-17-12-26(13-18-49)43-20-25-8-7-24(19-33(25)53-3)37-36(41)29(11-15-42-37)28-5-4-6-30(35(28)40)46-39(52)38-45-31-22-48(16-14-32(31)47(38)2)21-27-9-10-34(51)44-27/h4-8,11,15,19,26-27,43H,9-10,12-14,16-18,20-22H2,1-3H3,(H,44,51)(H,46,52). The summed E-state index contributed by atoms with van der Waals surface area (Å²) in [5.41, 5.74) is 6.04. The van der Waals surface area contributed by atoms with Gasteiger partial charge in [-0.1, -0.05) is 47.5 Å². The topological polar surface area (TPSA) is 134 Å². The van der Waals surface area contributed by atoms with Gasteiger partial charge in [-0.25, -0.2) is 4.98 Å². The lowest BCUT2D eigenvalue weighted by atomic mass is 10.0. The molecule has 2 fully saturated rings. The molecular formula is C39H44Cl2N8O4. The first kappa shape index (κ1) is 36.9. The van der Waals surface area contributed by atoms with Gasteiger partial charge in [-0.05, 0) is 37.5 Å². The van der Waals surface area contributed by atoms with Crippen LogP contribution in [0.1, 0.15) is 60.2 Å². The van der Waals surface area contributed by atoms with Crippen LogP contribution in [0, 0.1) is 0 Å². The molecule has 1 unspecified atom stereocenters. The number of nitrogens with zero attached hydrogens (tertiary/aromatic N) is 5. The molecule has 0 aliphatic carbocycles. The van der Waals surface area contributed by atoms with E-state index in [1.54, 1.807) is 32.4 Å². The third-order valence-corrected chi connectivity index (χ3v) is 11.4. The summed E-state index contributed by atoms with van der Waals surface area (Å²) >= 11 is 14.0. The van der Waals surface area contributed by atoms with E-state index in [2.05, 4.69) is 25.8 Å². The molecule has 2 aromatic carbocycles. The highest BCUT2D eigenvalue weighted by Gasteiger charge is 2.29. The van der Waals surface area contributed by atoms with Gasteiger partial charge in [-0.2, -0.15) is 0 Å². The van der Waals surface area contributed by atoms with E-state index in [1.807, 2.05) is 46.8 Å². The van der Waals surface area contributed by atoms with E-state index in [4.69, 9.17) is 32.9 Å². The Balaban J connectivity index is 1.05. The molecule has 3 aliphatic rings. The summed E-state index contributed by atoms with van der Waals surface area (Å²) in [6, 6.07) is 13.7. The molecule has 4 aromatic rings. The van der Waals surface area contributed by atoms with Crippen LogP contribution in [0.2, 0.25) is 10.0 Å². The van der Waals surface area contributed by atoms with E-state index in [9.17, 15) is 14.4 Å². The van der Waals surface area contributed by atoms with Crippen LogP contribution in [0.5, 0.6) is 5.75 Å². The Hall–Kier alpha value is -4.49. The molecule has 12 nitrogen and oxygen atoms in total. The predicted octanol–water partition coefficient (Wildman–Crippen LogP) is 5.45. The lowest BCUT2D eigenvalue weighted by Gasteiger charge is -2.32. The van der Waals surface area contributed by atoms with Gasteiger partial charge >= 0.3 is 0 Å². The van der Waals surface area contributed by atoms with Crippen molar-refractivity contribution in [3.63, 3.8) is 0 Å². The van der Waals surface area contributed by atoms with Crippen LogP contribution < -0.4 is 20.7 Å². The van der Waals surface area contributed by atoms with Gasteiger partial charge in [0.15, 0.2) is 5.82 Å². The summed E-state index contributed by atoms with van der Waals surface area (Å²) in [7, 11) is 3.51. The fourth-order valence-electron chi connectivity index (χ4n) is 7.63. The number of hydrogen-bond donors (Lipinski definition) is 3. The molecule has 14 heteroatoms. The van der Waals surface area contributed by atoms with Gasteiger partial charge in [0, 0.05) is 112 Å². The smallest absolute Gasteiger partial charge is 0.291 e. The molecule has 0 spiro atoms. The minimum absolute atomic E-state index is 0.106. The molecule has 0 radical (unpaired) electrons. The van der Waals surface area contributed by atoms with Crippen molar-refractivity contribution in [1.82, 2.24) is 35.0 Å². The van der Waals surface area contributed by atoms with E-state index in [0.717, 1.165) is 74.4 Å². The van der Waals surface area contributed by atoms with Crippen molar-refractivity contribution in [3.05, 3.63) is 81.5 Å². The number of amides is 3. The Labute approximate surface area is 319 Å². The quantitative estimate of drug-likeness (QED) is 0.195. The molecule has 0 saturated carbocycles. The zero-order valence-electron chi connectivity index (χ0n) is 30.2. The summed E-state index contributed by atoms with van der Waals surface area (Å²) in [6.45, 7) is 6.00. The summed E-state index contributed by atoms with van der Waals surface area (Å²) in [5, 5.41) is 10.4. The average molecular weight is 760 g/mol. The van der Waals surface area contributed by atoms with Gasteiger partial charge in [0.05, 0.1) is 34.2 Å². The first-order chi connectivity index (χ1) is 25.6. The maximum absolute atomic E-state index is 13.6. The van der Waals surface area contributed by atoms with Gasteiger partial charge in [0.25, 0.3) is 5.91 Å². The van der Waals surface area contributed by atoms with E-state index in [1.165, 1.54) is 0 Å². The summed E-state index contributed by atoms with van der Waals surface area (Å²) in [4.78, 5) is 50.5. The average Bonchev–Trinajstić information content (AvgIpc) is 3.73. The minimum atomic E-state index is -0.361. The number of methoxy groups -OCH3 is 1. The van der Waals surface area contributed by atoms with Gasteiger partial charge in [0.1, 0.15) is 5.75 Å². The Morgan fingerprint density at radius 1 is 1.02 bits per heavy atom. The Morgan fingerprint density at radius 3 is 2.55 bits per heavy atom. The molecule has 7 rings (SSSR count). The lowest BCUT2D eigenvalue weighted by Crippen LogP contribution is -2.43. The number of piperidine rings is 1. The van der Waals surface area contributed by atoms with Crippen molar-refractivity contribution >= 4 is 46.6 Å². The fraction of sp³-hybridized carbons (Fsp3) is 0.410. The fourth-order valence-corrected chi connectivity index (χ4v) is 8.22. The maximum atomic E-state index is 13.6. The Bertz CT molecular complexity index is 2040. The van der Waals surface area contributed by atoms with Gasteiger partial charge in [-0.3, -0.25) is 24.3 Å². The number of benzene rings is 2. The molecule has 2 aromatic heterocycles. The number of halogens is 2. The Morgan fingerprint density at radius 2 is 1.81 bits per heavy atom. The van der Waals surface area contributed by atoms with Crippen LogP contribution in [-0.4, -0.2) is 87.4 Å². The number of imidazole rings is 1. The van der Waals surface area contributed by atoms with Crippen molar-refractivity contribution in [3.8, 4) is 28.1 Å². The first-order valence-electron chi connectivity index (χ1n) is 18.1. The third kappa shape index (κ3) is 7.91. The maximum Gasteiger partial charge on any atom is 0.291 e. The second-order valence-corrected chi connectivity index (χ2v) is 14.8. The van der Waals surface area contributed by atoms with Crippen molar-refractivity contribution in [2.24, 2.45) is 7.05 Å². The number of likely N-dealkylation sites (tertiary alicyclic amines) is 1. The number of carbonyl (C=O) groups is 3. The zero-order chi connectivity index (χ0) is 37.2. The van der Waals surface area contributed by atoms with Crippen LogP contribution in [0.25, 0.3) is 22.4 Å². The number of nitrogens with one attached hydrogen (secondary N) is 3. The number of aromatic nitrogens is 3. The largest absolute Gasteiger partial charge is 0.496 e. The lowest BCUT2D eigenvalue weighted by molar-refractivity contribution is -0.130. The highest BCUT2D eigenvalue weighted by molar-refractivity contribution is 6.39. The van der Waals surface area contributed by atoms with E-state index < -0.39 is 0 Å². The number of ether oxygens (including phenoxy) is 1. The number of fused-ring (bicyclic) bond motifs is 1. The van der Waals surface area contributed by atoms with Crippen LogP contribution in [0.3, 0.4) is 0 Å². The summed E-state index contributed by atoms with van der Waals surface area (Å²) in [6.07, 6.45) is 5.69. The van der Waals surface area contributed by atoms with Gasteiger partial charge in [0.2, 0.25) is 11.8 Å². The molecule has 0 bridgehead atoms. The second-order valence-electron chi connectivity index (χ2n) is 14.0. The molecule has 5 heterocycles. The third-order valence-electron chi connectivity index (χ3n) is 10.6. The van der Waals surface area contributed by atoms with Crippen molar-refractivity contribution in [1.29, 1.82) is 0 Å². The van der Waals surface area contributed by atoms with Crippen LogP contribution >= 0.6 is 23.2 Å². The molecule has 1 atom stereocenters. The normalized spacial score (nSPS) is 17.8. The summed E-state index contributed by atoms with van der Waals surface area (Å²) in [5.74, 6) is 0.893. The molecule has 3 N–H and O–H groups in total. The summed E-state index contributed by atoms with van der Waals surface area (Å²) < 4.78 is 7.64. The highest BCUT2D eigenvalue weighted by atomic mass is 35.5. The first-order valence-corrected chi connectivity index (χ1v) is 18.8.